The fourth-order valence-corrected chi connectivity index (χ4v) is 2.06. The van der Waals surface area contributed by atoms with E-state index in [9.17, 15) is 17.2 Å². The maximum atomic E-state index is 13.4. The molecule has 0 radical (unpaired) electrons. The van der Waals surface area contributed by atoms with E-state index < -0.39 is 20.7 Å². The normalized spacial score (nSPS) is 11.7. The third kappa shape index (κ3) is 2.68. The van der Waals surface area contributed by atoms with E-state index in [1.165, 1.54) is 6.07 Å². The summed E-state index contributed by atoms with van der Waals surface area (Å²) in [5, 5.41) is 3.68. The fraction of sp³-hybridized carbons (Fsp3) is 0.100. The van der Waals surface area contributed by atoms with Crippen LogP contribution >= 0.6 is 10.7 Å². The van der Waals surface area contributed by atoms with Crippen molar-refractivity contribution in [2.75, 3.05) is 0 Å². The summed E-state index contributed by atoms with van der Waals surface area (Å²) < 4.78 is 49.8. The zero-order valence-corrected chi connectivity index (χ0v) is 10.4. The molecule has 1 aromatic heterocycles. The predicted octanol–water partition coefficient (Wildman–Crippen LogP) is 2.14. The summed E-state index contributed by atoms with van der Waals surface area (Å²) in [6.07, 6.45) is 2.12. The summed E-state index contributed by atoms with van der Waals surface area (Å²) in [5.74, 6) is -1.44. The van der Waals surface area contributed by atoms with E-state index in [2.05, 4.69) is 5.10 Å². The average Bonchev–Trinajstić information content (AvgIpc) is 2.72. The van der Waals surface area contributed by atoms with Gasteiger partial charge in [-0.05, 0) is 12.1 Å². The van der Waals surface area contributed by atoms with Crippen molar-refractivity contribution in [2.45, 2.75) is 11.4 Å². The fourth-order valence-electron chi connectivity index (χ4n) is 1.40. The molecule has 0 unspecified atom stereocenters. The Bertz CT molecular complexity index is 665. The molecule has 8 heteroatoms. The Morgan fingerprint density at radius 3 is 2.39 bits per heavy atom. The van der Waals surface area contributed by atoms with Crippen molar-refractivity contribution in [3.05, 3.63) is 47.8 Å². The minimum atomic E-state index is -3.89. The minimum Gasteiger partial charge on any atom is -0.267 e. The van der Waals surface area contributed by atoms with Gasteiger partial charge >= 0.3 is 0 Å². The van der Waals surface area contributed by atoms with E-state index in [1.54, 1.807) is 0 Å². The van der Waals surface area contributed by atoms with Gasteiger partial charge in [-0.1, -0.05) is 6.07 Å². The molecular formula is C10H7ClF2N2O2S. The zero-order chi connectivity index (χ0) is 13.3. The van der Waals surface area contributed by atoms with Crippen LogP contribution in [0, 0.1) is 11.6 Å². The lowest BCUT2D eigenvalue weighted by atomic mass is 10.2. The van der Waals surface area contributed by atoms with E-state index in [0.29, 0.717) is 0 Å². The lowest BCUT2D eigenvalue weighted by Crippen LogP contribution is -2.05. The molecule has 2 aromatic rings. The first-order valence-corrected chi connectivity index (χ1v) is 7.09. The molecule has 0 N–H and O–H groups in total. The Balaban J connectivity index is 2.33. The van der Waals surface area contributed by atoms with Gasteiger partial charge in [0.2, 0.25) is 0 Å². The van der Waals surface area contributed by atoms with Crippen LogP contribution < -0.4 is 0 Å². The SMILES string of the molecule is O=S(=O)(Cl)c1cnn(Cc2c(F)cccc2F)c1. The van der Waals surface area contributed by atoms with Crippen molar-refractivity contribution in [3.8, 4) is 0 Å². The molecule has 96 valence electrons. The molecule has 0 amide bonds. The van der Waals surface area contributed by atoms with Crippen LogP contribution in [0.1, 0.15) is 5.56 Å². The first kappa shape index (κ1) is 13.0. The summed E-state index contributed by atoms with van der Waals surface area (Å²) in [6.45, 7) is -0.217. The maximum Gasteiger partial charge on any atom is 0.264 e. The summed E-state index contributed by atoms with van der Waals surface area (Å²) >= 11 is 0. The standard InChI is InChI=1S/C10H7ClF2N2O2S/c11-18(16,17)7-4-14-15(5-7)6-8-9(12)2-1-3-10(8)13/h1-5H,6H2. The number of hydrogen-bond donors (Lipinski definition) is 0. The molecule has 0 saturated heterocycles. The van der Waals surface area contributed by atoms with Gasteiger partial charge in [-0.15, -0.1) is 0 Å². The second-order valence-corrected chi connectivity index (χ2v) is 6.08. The van der Waals surface area contributed by atoms with Gasteiger partial charge in [-0.25, -0.2) is 17.2 Å². The van der Waals surface area contributed by atoms with Gasteiger partial charge in [0.1, 0.15) is 16.5 Å². The van der Waals surface area contributed by atoms with E-state index >= 15 is 0 Å². The predicted molar refractivity (Wildman–Crippen MR) is 60.7 cm³/mol. The van der Waals surface area contributed by atoms with E-state index in [0.717, 1.165) is 29.2 Å². The second-order valence-electron chi connectivity index (χ2n) is 3.51. The van der Waals surface area contributed by atoms with Crippen molar-refractivity contribution < 1.29 is 17.2 Å². The van der Waals surface area contributed by atoms with E-state index in [-0.39, 0.29) is 17.0 Å². The highest BCUT2D eigenvalue weighted by atomic mass is 35.7. The molecular weight excluding hydrogens is 286 g/mol. The molecule has 18 heavy (non-hydrogen) atoms. The summed E-state index contributed by atoms with van der Waals surface area (Å²) in [5.41, 5.74) is -0.195. The molecule has 0 aliphatic carbocycles. The van der Waals surface area contributed by atoms with Gasteiger partial charge in [0.25, 0.3) is 9.05 Å². The Labute approximate surface area is 106 Å². The zero-order valence-electron chi connectivity index (χ0n) is 8.85. The van der Waals surface area contributed by atoms with Crippen molar-refractivity contribution >= 4 is 19.7 Å². The highest BCUT2D eigenvalue weighted by Crippen LogP contribution is 2.16. The van der Waals surface area contributed by atoms with Crippen LogP contribution in [0.4, 0.5) is 8.78 Å². The number of halogens is 3. The lowest BCUT2D eigenvalue weighted by molar-refractivity contribution is 0.532. The van der Waals surface area contributed by atoms with Crippen LogP contribution in [-0.2, 0) is 15.6 Å². The summed E-state index contributed by atoms with van der Waals surface area (Å²) in [6, 6.07) is 3.47. The monoisotopic (exact) mass is 292 g/mol. The molecule has 0 fully saturated rings. The Kier molecular flexibility index (Phi) is 3.36. The number of benzene rings is 1. The summed E-state index contributed by atoms with van der Waals surface area (Å²) in [4.78, 5) is -0.221. The van der Waals surface area contributed by atoms with E-state index in [4.69, 9.17) is 10.7 Å². The van der Waals surface area contributed by atoms with Crippen LogP contribution in [-0.4, -0.2) is 18.2 Å². The van der Waals surface area contributed by atoms with Crippen LogP contribution in [0.3, 0.4) is 0 Å². The molecule has 1 heterocycles. The Hall–Kier alpha value is -1.47. The van der Waals surface area contributed by atoms with E-state index in [1.807, 2.05) is 0 Å². The topological polar surface area (TPSA) is 52.0 Å². The minimum absolute atomic E-state index is 0.195. The van der Waals surface area contributed by atoms with Gasteiger partial charge in [-0.3, -0.25) is 4.68 Å². The largest absolute Gasteiger partial charge is 0.267 e. The number of nitrogens with zero attached hydrogens (tertiary/aromatic N) is 2. The van der Waals surface area contributed by atoms with Gasteiger partial charge in [0, 0.05) is 22.4 Å². The van der Waals surface area contributed by atoms with Crippen molar-refractivity contribution in [3.63, 3.8) is 0 Å². The lowest BCUT2D eigenvalue weighted by Gasteiger charge is -2.04. The average molecular weight is 293 g/mol. The third-order valence-corrected chi connectivity index (χ3v) is 3.58. The number of aromatic nitrogens is 2. The Morgan fingerprint density at radius 1 is 1.28 bits per heavy atom. The third-order valence-electron chi connectivity index (χ3n) is 2.27. The van der Waals surface area contributed by atoms with Gasteiger partial charge in [0.15, 0.2) is 0 Å². The summed E-state index contributed by atoms with van der Waals surface area (Å²) in [7, 11) is 1.22. The molecule has 2 rings (SSSR count). The van der Waals surface area contributed by atoms with Gasteiger partial charge in [-0.2, -0.15) is 5.10 Å². The maximum absolute atomic E-state index is 13.4. The quantitative estimate of drug-likeness (QED) is 0.815. The molecule has 1 aromatic carbocycles. The number of hydrogen-bond acceptors (Lipinski definition) is 3. The molecule has 0 atom stereocenters. The van der Waals surface area contributed by atoms with Crippen LogP contribution in [0.15, 0.2) is 35.5 Å². The molecule has 0 spiro atoms. The molecule has 4 nitrogen and oxygen atoms in total. The molecule has 0 bridgehead atoms. The van der Waals surface area contributed by atoms with Gasteiger partial charge < -0.3 is 0 Å². The first-order valence-electron chi connectivity index (χ1n) is 4.78. The smallest absolute Gasteiger partial charge is 0.264 e. The molecule has 0 aliphatic rings. The van der Waals surface area contributed by atoms with Crippen LogP contribution in [0.25, 0.3) is 0 Å². The second kappa shape index (κ2) is 4.66. The highest BCUT2D eigenvalue weighted by Gasteiger charge is 2.14. The van der Waals surface area contributed by atoms with Crippen molar-refractivity contribution in [1.82, 2.24) is 9.78 Å². The van der Waals surface area contributed by atoms with Crippen LogP contribution in [0.5, 0.6) is 0 Å². The number of rotatable bonds is 3. The van der Waals surface area contributed by atoms with Gasteiger partial charge in [0.05, 0.1) is 12.7 Å². The van der Waals surface area contributed by atoms with Crippen molar-refractivity contribution in [2.24, 2.45) is 0 Å². The van der Waals surface area contributed by atoms with Crippen molar-refractivity contribution in [1.29, 1.82) is 0 Å². The molecule has 0 saturated carbocycles. The molecule has 0 aliphatic heterocycles. The highest BCUT2D eigenvalue weighted by molar-refractivity contribution is 8.13. The Morgan fingerprint density at radius 2 is 1.89 bits per heavy atom. The first-order chi connectivity index (χ1) is 8.38. The van der Waals surface area contributed by atoms with Crippen LogP contribution in [0.2, 0.25) is 0 Å².